The van der Waals surface area contributed by atoms with Crippen molar-refractivity contribution in [3.8, 4) is 0 Å². The second-order valence-corrected chi connectivity index (χ2v) is 7.02. The Morgan fingerprint density at radius 2 is 2.17 bits per heavy atom. The van der Waals surface area contributed by atoms with Crippen LogP contribution in [0.15, 0.2) is 42.7 Å². The number of nitrogens with zero attached hydrogens (tertiary/aromatic N) is 3. The molecule has 128 valence electrons. The molecule has 1 aromatic carbocycles. The molecule has 0 amide bonds. The van der Waals surface area contributed by atoms with Crippen LogP contribution in [0.2, 0.25) is 0 Å². The Kier molecular flexibility index (Phi) is 5.52. The zero-order valence-electron chi connectivity index (χ0n) is 15.2. The van der Waals surface area contributed by atoms with Gasteiger partial charge in [0.05, 0.1) is 0 Å². The maximum Gasteiger partial charge on any atom is 0.0448 e. The van der Waals surface area contributed by atoms with Gasteiger partial charge in [0.2, 0.25) is 0 Å². The number of aryl methyl sites for hydroxylation is 1. The number of aromatic nitrogens is 1. The third kappa shape index (κ3) is 3.96. The van der Waals surface area contributed by atoms with E-state index < -0.39 is 0 Å². The van der Waals surface area contributed by atoms with E-state index in [9.17, 15) is 0 Å². The van der Waals surface area contributed by atoms with Crippen LogP contribution >= 0.6 is 0 Å². The Balaban J connectivity index is 1.74. The minimum atomic E-state index is 0.604. The van der Waals surface area contributed by atoms with Gasteiger partial charge in [-0.1, -0.05) is 30.7 Å². The van der Waals surface area contributed by atoms with E-state index >= 15 is 0 Å². The number of fused-ring (bicyclic) bond motifs is 1. The van der Waals surface area contributed by atoms with Gasteiger partial charge in [0.1, 0.15) is 0 Å². The van der Waals surface area contributed by atoms with E-state index in [1.54, 1.807) is 0 Å². The van der Waals surface area contributed by atoms with Crippen molar-refractivity contribution >= 4 is 5.69 Å². The largest absolute Gasteiger partial charge is 0.364 e. The predicted octanol–water partition coefficient (Wildman–Crippen LogP) is 4.05. The molecule has 0 bridgehead atoms. The normalized spacial score (nSPS) is 16.7. The maximum absolute atomic E-state index is 4.28. The van der Waals surface area contributed by atoms with Gasteiger partial charge >= 0.3 is 0 Å². The average Bonchev–Trinajstić information content (AvgIpc) is 2.92. The van der Waals surface area contributed by atoms with Crippen molar-refractivity contribution in [2.24, 2.45) is 0 Å². The number of hydrogen-bond donors (Lipinski definition) is 0. The molecule has 0 saturated heterocycles. The number of hydrogen-bond acceptors (Lipinski definition) is 3. The Hall–Kier alpha value is -1.87. The quantitative estimate of drug-likeness (QED) is 0.766. The van der Waals surface area contributed by atoms with Gasteiger partial charge in [0.25, 0.3) is 0 Å². The van der Waals surface area contributed by atoms with Crippen molar-refractivity contribution in [1.29, 1.82) is 0 Å². The molecule has 2 heterocycles. The van der Waals surface area contributed by atoms with Crippen LogP contribution in [0.25, 0.3) is 0 Å². The van der Waals surface area contributed by atoms with Crippen molar-refractivity contribution in [3.63, 3.8) is 0 Å². The lowest BCUT2D eigenvalue weighted by Gasteiger charge is -2.28. The number of benzene rings is 1. The molecule has 1 aliphatic rings. The van der Waals surface area contributed by atoms with Crippen molar-refractivity contribution in [1.82, 2.24) is 9.88 Å². The SMILES string of the molecule is CCN(C)CCC[C@H]1Cc2cc(C)ccc2N1Cc1cccnc1. The fourth-order valence-corrected chi connectivity index (χ4v) is 3.63. The minimum absolute atomic E-state index is 0.604. The standard InChI is InChI=1S/C21H29N3/c1-4-23(3)12-6-8-20-14-19-13-17(2)9-10-21(19)24(20)16-18-7-5-11-22-15-18/h5,7,9-11,13,15,20H,4,6,8,12,14,16H2,1-3H3/t20-/m0/s1. The first-order valence-electron chi connectivity index (χ1n) is 9.11. The van der Waals surface area contributed by atoms with Gasteiger partial charge in [0.15, 0.2) is 0 Å². The van der Waals surface area contributed by atoms with Gasteiger partial charge in [-0.3, -0.25) is 4.98 Å². The molecule has 0 N–H and O–H groups in total. The second kappa shape index (κ2) is 7.80. The first-order chi connectivity index (χ1) is 11.7. The summed E-state index contributed by atoms with van der Waals surface area (Å²) in [6.45, 7) is 7.68. The second-order valence-electron chi connectivity index (χ2n) is 7.02. The summed E-state index contributed by atoms with van der Waals surface area (Å²) < 4.78 is 0. The minimum Gasteiger partial charge on any atom is -0.364 e. The van der Waals surface area contributed by atoms with E-state index in [0.717, 1.165) is 13.1 Å². The molecule has 3 nitrogen and oxygen atoms in total. The van der Waals surface area contributed by atoms with Gasteiger partial charge in [-0.25, -0.2) is 0 Å². The first kappa shape index (κ1) is 17.0. The molecule has 0 saturated carbocycles. The lowest BCUT2D eigenvalue weighted by atomic mass is 10.0. The topological polar surface area (TPSA) is 19.4 Å². The summed E-state index contributed by atoms with van der Waals surface area (Å²) in [5.74, 6) is 0. The molecule has 3 rings (SSSR count). The molecule has 0 aliphatic carbocycles. The molecule has 1 aliphatic heterocycles. The number of anilines is 1. The van der Waals surface area contributed by atoms with Crippen LogP contribution in [0.4, 0.5) is 5.69 Å². The maximum atomic E-state index is 4.28. The summed E-state index contributed by atoms with van der Waals surface area (Å²) in [7, 11) is 2.21. The highest BCUT2D eigenvalue weighted by atomic mass is 15.2. The third-order valence-corrected chi connectivity index (χ3v) is 5.13. The Morgan fingerprint density at radius 1 is 1.29 bits per heavy atom. The first-order valence-corrected chi connectivity index (χ1v) is 9.11. The molecule has 1 aromatic heterocycles. The van der Waals surface area contributed by atoms with Crippen LogP contribution in [-0.4, -0.2) is 36.1 Å². The van der Waals surface area contributed by atoms with E-state index in [1.165, 1.54) is 48.2 Å². The van der Waals surface area contributed by atoms with E-state index in [4.69, 9.17) is 0 Å². The highest BCUT2D eigenvalue weighted by Crippen LogP contribution is 2.35. The summed E-state index contributed by atoms with van der Waals surface area (Å²) >= 11 is 0. The lowest BCUT2D eigenvalue weighted by Crippen LogP contribution is -2.32. The molecule has 2 aromatic rings. The smallest absolute Gasteiger partial charge is 0.0448 e. The fourth-order valence-electron chi connectivity index (χ4n) is 3.63. The highest BCUT2D eigenvalue weighted by Gasteiger charge is 2.28. The summed E-state index contributed by atoms with van der Waals surface area (Å²) in [4.78, 5) is 9.28. The molecule has 0 unspecified atom stereocenters. The molecule has 1 atom stereocenters. The summed E-state index contributed by atoms with van der Waals surface area (Å²) in [6, 6.07) is 11.7. The zero-order valence-corrected chi connectivity index (χ0v) is 15.2. The molecular formula is C21H29N3. The van der Waals surface area contributed by atoms with Gasteiger partial charge in [-0.05, 0) is 69.6 Å². The van der Waals surface area contributed by atoms with Crippen LogP contribution in [0.3, 0.4) is 0 Å². The van der Waals surface area contributed by atoms with E-state index in [-0.39, 0.29) is 0 Å². The molecule has 3 heteroatoms. The van der Waals surface area contributed by atoms with E-state index in [1.807, 2.05) is 18.5 Å². The Bertz CT molecular complexity index is 653. The average molecular weight is 323 g/mol. The molecule has 0 spiro atoms. The molecular weight excluding hydrogens is 294 g/mol. The fraction of sp³-hybridized carbons (Fsp3) is 0.476. The van der Waals surface area contributed by atoms with Crippen LogP contribution < -0.4 is 4.90 Å². The van der Waals surface area contributed by atoms with Crippen molar-refractivity contribution in [2.75, 3.05) is 25.0 Å². The summed E-state index contributed by atoms with van der Waals surface area (Å²) in [5.41, 5.74) is 5.58. The van der Waals surface area contributed by atoms with Gasteiger partial charge < -0.3 is 9.80 Å². The molecule has 24 heavy (non-hydrogen) atoms. The van der Waals surface area contributed by atoms with E-state index in [2.05, 4.69) is 59.9 Å². The van der Waals surface area contributed by atoms with Crippen molar-refractivity contribution in [2.45, 2.75) is 45.7 Å². The van der Waals surface area contributed by atoms with Gasteiger partial charge in [0, 0.05) is 30.7 Å². The van der Waals surface area contributed by atoms with Crippen molar-refractivity contribution in [3.05, 3.63) is 59.4 Å². The third-order valence-electron chi connectivity index (χ3n) is 5.13. The zero-order chi connectivity index (χ0) is 16.9. The van der Waals surface area contributed by atoms with E-state index in [0.29, 0.717) is 6.04 Å². The number of pyridine rings is 1. The van der Waals surface area contributed by atoms with Crippen molar-refractivity contribution < 1.29 is 0 Å². The van der Waals surface area contributed by atoms with Gasteiger partial charge in [-0.15, -0.1) is 0 Å². The lowest BCUT2D eigenvalue weighted by molar-refractivity contribution is 0.336. The molecule has 0 fully saturated rings. The summed E-state index contributed by atoms with van der Waals surface area (Å²) in [5, 5.41) is 0. The van der Waals surface area contributed by atoms with Crippen LogP contribution in [-0.2, 0) is 13.0 Å². The monoisotopic (exact) mass is 323 g/mol. The Morgan fingerprint density at radius 3 is 2.92 bits per heavy atom. The van der Waals surface area contributed by atoms with Crippen LogP contribution in [0, 0.1) is 6.92 Å². The van der Waals surface area contributed by atoms with Gasteiger partial charge in [-0.2, -0.15) is 0 Å². The molecule has 0 radical (unpaired) electrons. The van der Waals surface area contributed by atoms with Crippen LogP contribution in [0.1, 0.15) is 36.5 Å². The Labute approximate surface area is 146 Å². The predicted molar refractivity (Wildman–Crippen MR) is 101 cm³/mol. The highest BCUT2D eigenvalue weighted by molar-refractivity contribution is 5.60. The number of rotatable bonds is 7. The van der Waals surface area contributed by atoms with Crippen LogP contribution in [0.5, 0.6) is 0 Å². The summed E-state index contributed by atoms with van der Waals surface area (Å²) in [6.07, 6.45) is 7.52.